The molecule has 0 bridgehead atoms. The van der Waals surface area contributed by atoms with Gasteiger partial charge in [0.2, 0.25) is 11.0 Å². The Bertz CT molecular complexity index is 648. The Morgan fingerprint density at radius 3 is 2.68 bits per heavy atom. The van der Waals surface area contributed by atoms with E-state index in [0.29, 0.717) is 15.0 Å². The maximum absolute atomic E-state index is 12.0. The highest BCUT2D eigenvalue weighted by Crippen LogP contribution is 2.23. The van der Waals surface area contributed by atoms with E-state index in [0.717, 1.165) is 0 Å². The molecule has 1 amide bonds. The van der Waals surface area contributed by atoms with Crippen molar-refractivity contribution in [1.29, 1.82) is 0 Å². The van der Waals surface area contributed by atoms with E-state index in [1.54, 1.807) is 24.3 Å². The van der Waals surface area contributed by atoms with Crippen LogP contribution in [0, 0.1) is 0 Å². The van der Waals surface area contributed by atoms with Crippen LogP contribution in [0.1, 0.15) is 11.6 Å². The van der Waals surface area contributed by atoms with E-state index in [4.69, 9.17) is 10.5 Å². The third-order valence-corrected chi connectivity index (χ3v) is 4.51. The first-order valence-electron chi connectivity index (χ1n) is 6.24. The van der Waals surface area contributed by atoms with Crippen molar-refractivity contribution >= 4 is 40.1 Å². The number of nitrogens with two attached hydrogens (primary N) is 1. The van der Waals surface area contributed by atoms with Crippen LogP contribution in [-0.2, 0) is 14.3 Å². The van der Waals surface area contributed by atoms with E-state index >= 15 is 0 Å². The Labute approximate surface area is 135 Å². The molecule has 0 unspecified atom stereocenters. The molecule has 116 valence electrons. The van der Waals surface area contributed by atoms with Crippen LogP contribution in [0.5, 0.6) is 0 Å². The smallest absolute Gasteiger partial charge is 0.333 e. The number of benzene rings is 1. The highest BCUT2D eigenvalue weighted by molar-refractivity contribution is 8.01. The molecule has 1 aromatic carbocycles. The second kappa shape index (κ2) is 7.76. The van der Waals surface area contributed by atoms with Crippen LogP contribution in [0.3, 0.4) is 0 Å². The molecule has 0 saturated heterocycles. The van der Waals surface area contributed by atoms with Gasteiger partial charge in [0.25, 0.3) is 0 Å². The van der Waals surface area contributed by atoms with Crippen LogP contribution in [0.25, 0.3) is 0 Å². The van der Waals surface area contributed by atoms with Crippen molar-refractivity contribution in [2.75, 3.05) is 18.6 Å². The summed E-state index contributed by atoms with van der Waals surface area (Å²) < 4.78 is 5.34. The monoisotopic (exact) mass is 338 g/mol. The molecule has 0 aliphatic carbocycles. The van der Waals surface area contributed by atoms with Crippen LogP contribution >= 0.6 is 23.1 Å². The van der Waals surface area contributed by atoms with Gasteiger partial charge < -0.3 is 15.8 Å². The number of aromatic nitrogens is 2. The largest absolute Gasteiger partial charge is 0.467 e. The van der Waals surface area contributed by atoms with Crippen molar-refractivity contribution < 1.29 is 14.3 Å². The van der Waals surface area contributed by atoms with Gasteiger partial charge >= 0.3 is 5.97 Å². The first-order valence-corrected chi connectivity index (χ1v) is 8.04. The van der Waals surface area contributed by atoms with Crippen molar-refractivity contribution in [2.24, 2.45) is 0 Å². The van der Waals surface area contributed by atoms with E-state index in [9.17, 15) is 9.59 Å². The summed E-state index contributed by atoms with van der Waals surface area (Å²) in [6.07, 6.45) is 0. The standard InChI is InChI=1S/C13H14N4O3S2/c1-20-11(19)10(8-5-3-2-4-6-8)15-9(18)7-21-13-17-16-12(14)22-13/h2-6,10H,7H2,1H3,(H2,14,16)(H,15,18)/t10-/m1/s1. The normalized spacial score (nSPS) is 11.7. The number of ether oxygens (including phenoxy) is 1. The van der Waals surface area contributed by atoms with Gasteiger partial charge in [0, 0.05) is 0 Å². The van der Waals surface area contributed by atoms with E-state index in [1.165, 1.54) is 30.2 Å². The molecule has 0 aliphatic heterocycles. The molecule has 0 saturated carbocycles. The molecule has 1 aromatic heterocycles. The second-order valence-electron chi connectivity index (χ2n) is 4.13. The number of thioether (sulfide) groups is 1. The lowest BCUT2D eigenvalue weighted by Gasteiger charge is -2.16. The predicted octanol–water partition coefficient (Wildman–Crippen LogP) is 1.24. The highest BCUT2D eigenvalue weighted by atomic mass is 32.2. The number of nitrogens with zero attached hydrogens (tertiary/aromatic N) is 2. The molecule has 0 fully saturated rings. The first-order chi connectivity index (χ1) is 10.6. The van der Waals surface area contributed by atoms with Crippen LogP contribution in [0.15, 0.2) is 34.7 Å². The van der Waals surface area contributed by atoms with Gasteiger partial charge in [-0.25, -0.2) is 4.79 Å². The van der Waals surface area contributed by atoms with E-state index in [1.807, 2.05) is 6.07 Å². The Balaban J connectivity index is 1.98. The van der Waals surface area contributed by atoms with Gasteiger partial charge in [0.1, 0.15) is 0 Å². The molecule has 0 spiro atoms. The summed E-state index contributed by atoms with van der Waals surface area (Å²) >= 11 is 2.41. The minimum atomic E-state index is -0.834. The number of nitrogen functional groups attached to an aromatic ring is 1. The summed E-state index contributed by atoms with van der Waals surface area (Å²) in [6, 6.07) is 8.07. The van der Waals surface area contributed by atoms with Gasteiger partial charge in [0.05, 0.1) is 12.9 Å². The third kappa shape index (κ3) is 4.43. The van der Waals surface area contributed by atoms with Crippen LogP contribution < -0.4 is 11.1 Å². The fourth-order valence-corrected chi connectivity index (χ4v) is 3.10. The molecule has 1 heterocycles. The summed E-state index contributed by atoms with van der Waals surface area (Å²) in [5.41, 5.74) is 6.13. The zero-order valence-electron chi connectivity index (χ0n) is 11.7. The van der Waals surface area contributed by atoms with Crippen molar-refractivity contribution in [3.63, 3.8) is 0 Å². The first kappa shape index (κ1) is 16.2. The number of anilines is 1. The molecule has 22 heavy (non-hydrogen) atoms. The zero-order valence-corrected chi connectivity index (χ0v) is 13.3. The zero-order chi connectivity index (χ0) is 15.9. The number of carbonyl (C=O) groups is 2. The average molecular weight is 338 g/mol. The van der Waals surface area contributed by atoms with Gasteiger partial charge in [-0.15, -0.1) is 10.2 Å². The van der Waals surface area contributed by atoms with Crippen LogP contribution in [-0.4, -0.2) is 34.9 Å². The molecule has 2 rings (SSSR count). The molecule has 3 N–H and O–H groups in total. The Morgan fingerprint density at radius 1 is 1.36 bits per heavy atom. The van der Waals surface area contributed by atoms with Crippen molar-refractivity contribution in [3.05, 3.63) is 35.9 Å². The fraction of sp³-hybridized carbons (Fsp3) is 0.231. The minimum absolute atomic E-state index is 0.106. The number of nitrogens with one attached hydrogen (secondary N) is 1. The number of hydrogen-bond acceptors (Lipinski definition) is 8. The van der Waals surface area contributed by atoms with Gasteiger partial charge in [-0.3, -0.25) is 4.79 Å². The van der Waals surface area contributed by atoms with E-state index in [2.05, 4.69) is 15.5 Å². The Hall–Kier alpha value is -2.13. The summed E-state index contributed by atoms with van der Waals surface area (Å²) in [4.78, 5) is 23.9. The lowest BCUT2D eigenvalue weighted by atomic mass is 10.1. The summed E-state index contributed by atoms with van der Waals surface area (Å²) in [7, 11) is 1.28. The SMILES string of the molecule is COC(=O)[C@H](NC(=O)CSc1nnc(N)s1)c1ccccc1. The number of rotatable bonds is 6. The predicted molar refractivity (Wildman–Crippen MR) is 84.4 cm³/mol. The lowest BCUT2D eigenvalue weighted by Crippen LogP contribution is -2.35. The molecule has 9 heteroatoms. The molecule has 7 nitrogen and oxygen atoms in total. The number of methoxy groups -OCH3 is 1. The molecular formula is C13H14N4O3S2. The quantitative estimate of drug-likeness (QED) is 0.603. The molecule has 0 radical (unpaired) electrons. The summed E-state index contributed by atoms with van der Waals surface area (Å²) in [5.74, 6) is -0.725. The van der Waals surface area contributed by atoms with E-state index < -0.39 is 12.0 Å². The van der Waals surface area contributed by atoms with Gasteiger partial charge in [-0.2, -0.15) is 0 Å². The molecule has 1 atom stereocenters. The minimum Gasteiger partial charge on any atom is -0.467 e. The van der Waals surface area contributed by atoms with Gasteiger partial charge in [0.15, 0.2) is 10.4 Å². The van der Waals surface area contributed by atoms with E-state index in [-0.39, 0.29) is 11.7 Å². The molecule has 2 aromatic rings. The Kier molecular flexibility index (Phi) is 5.73. The topological polar surface area (TPSA) is 107 Å². The third-order valence-electron chi connectivity index (χ3n) is 2.62. The van der Waals surface area contributed by atoms with Crippen molar-refractivity contribution in [1.82, 2.24) is 15.5 Å². The average Bonchev–Trinajstić information content (AvgIpc) is 2.96. The van der Waals surface area contributed by atoms with Crippen LogP contribution in [0.4, 0.5) is 5.13 Å². The van der Waals surface area contributed by atoms with Gasteiger partial charge in [-0.1, -0.05) is 53.4 Å². The van der Waals surface area contributed by atoms with Crippen molar-refractivity contribution in [3.8, 4) is 0 Å². The molecule has 0 aliphatic rings. The summed E-state index contributed by atoms with van der Waals surface area (Å²) in [6.45, 7) is 0. The number of esters is 1. The number of hydrogen-bond donors (Lipinski definition) is 2. The Morgan fingerprint density at radius 2 is 2.09 bits per heavy atom. The maximum Gasteiger partial charge on any atom is 0.333 e. The maximum atomic E-state index is 12.0. The van der Waals surface area contributed by atoms with Crippen LogP contribution in [0.2, 0.25) is 0 Å². The van der Waals surface area contributed by atoms with Crippen molar-refractivity contribution in [2.45, 2.75) is 10.4 Å². The lowest BCUT2D eigenvalue weighted by molar-refractivity contribution is -0.145. The number of carbonyl (C=O) groups excluding carboxylic acids is 2. The summed E-state index contributed by atoms with van der Waals surface area (Å²) in [5, 5.41) is 10.5. The fourth-order valence-electron chi connectivity index (χ4n) is 1.65. The number of amides is 1. The second-order valence-corrected chi connectivity index (χ2v) is 6.36. The van der Waals surface area contributed by atoms with Gasteiger partial charge in [-0.05, 0) is 5.56 Å². The molecular weight excluding hydrogens is 324 g/mol. The highest BCUT2D eigenvalue weighted by Gasteiger charge is 2.23.